The lowest BCUT2D eigenvalue weighted by atomic mass is 10.2. The molecule has 0 amide bonds. The lowest BCUT2D eigenvalue weighted by Gasteiger charge is -1.98. The molecular weight excluding hydrogens is 86.1 g/mol. The van der Waals surface area contributed by atoms with E-state index in [4.69, 9.17) is 4.11 Å². The van der Waals surface area contributed by atoms with Crippen LogP contribution >= 0.6 is 0 Å². The number of aliphatic imine (C=N–C) groups is 1. The maximum absolute atomic E-state index is 7.02. The Bertz CT molecular complexity index is 178. The van der Waals surface area contributed by atoms with Crippen molar-refractivity contribution in [1.29, 1.82) is 0 Å². The molecule has 0 saturated carbocycles. The van der Waals surface area contributed by atoms with E-state index in [1.807, 2.05) is 0 Å². The Balaban J connectivity index is 2.72. The first-order valence-electron chi connectivity index (χ1n) is 3.82. The average molecular weight is 98.2 g/mol. The normalized spacial score (nSPS) is 27.4. The maximum atomic E-state index is 7.02. The molecule has 0 aromatic carbocycles. The minimum Gasteiger partial charge on any atom is -0.269 e. The highest BCUT2D eigenvalue weighted by atomic mass is 14.7. The number of nitrogens with zero attached hydrogens (tertiary/aromatic N) is 1. The first-order chi connectivity index (χ1) is 4.61. The molecule has 0 fully saturated rings. The minimum absolute atomic E-state index is 0.468. The van der Waals surface area contributed by atoms with Gasteiger partial charge in [0, 0.05) is 16.5 Å². The van der Waals surface area contributed by atoms with E-state index in [9.17, 15) is 0 Å². The second kappa shape index (κ2) is 1.92. The van der Waals surface area contributed by atoms with E-state index >= 15 is 0 Å². The number of allylic oxidation sites excluding steroid dienone is 1. The van der Waals surface area contributed by atoms with Crippen molar-refractivity contribution in [3.63, 3.8) is 0 Å². The first-order valence-corrected chi connectivity index (χ1v) is 2.32. The molecule has 0 radical (unpaired) electrons. The number of hydrogen-bond acceptors (Lipinski definition) is 1. The zero-order valence-corrected chi connectivity index (χ0v) is 4.02. The summed E-state index contributed by atoms with van der Waals surface area (Å²) in [7, 11) is 0. The van der Waals surface area contributed by atoms with E-state index in [0.717, 1.165) is 6.42 Å². The molecule has 0 aromatic heterocycles. The average Bonchev–Trinajstić information content (AvgIpc) is 1.88. The molecule has 1 heteroatoms. The molecule has 1 nitrogen and oxygen atoms in total. The van der Waals surface area contributed by atoms with Crippen LogP contribution in [-0.2, 0) is 0 Å². The van der Waals surface area contributed by atoms with Crippen molar-refractivity contribution in [3.8, 4) is 0 Å². The number of rotatable bonds is 0. The van der Waals surface area contributed by atoms with Crippen LogP contribution in [0, 0.1) is 0 Å². The SMILES string of the molecule is [2H]C([2H])([2H])C1=CN=CCC1. The van der Waals surface area contributed by atoms with E-state index < -0.39 is 6.85 Å². The monoisotopic (exact) mass is 98.1 g/mol. The van der Waals surface area contributed by atoms with E-state index in [-0.39, 0.29) is 0 Å². The highest BCUT2D eigenvalue weighted by Crippen LogP contribution is 2.05. The summed E-state index contributed by atoms with van der Waals surface area (Å²) in [5, 5.41) is 0. The summed E-state index contributed by atoms with van der Waals surface area (Å²) >= 11 is 0. The lowest BCUT2D eigenvalue weighted by Crippen LogP contribution is -1.83. The van der Waals surface area contributed by atoms with Crippen LogP contribution in [0.1, 0.15) is 23.8 Å². The third-order valence-electron chi connectivity index (χ3n) is 0.879. The van der Waals surface area contributed by atoms with Gasteiger partial charge in [0.25, 0.3) is 0 Å². The summed E-state index contributed by atoms with van der Waals surface area (Å²) in [6.07, 6.45) is 4.55. The summed E-state index contributed by atoms with van der Waals surface area (Å²) in [4.78, 5) is 3.78. The van der Waals surface area contributed by atoms with Crippen molar-refractivity contribution < 1.29 is 4.11 Å². The molecule has 38 valence electrons. The predicted octanol–water partition coefficient (Wildman–Crippen LogP) is 1.75. The molecule has 0 saturated heterocycles. The van der Waals surface area contributed by atoms with Crippen LogP contribution in [0.5, 0.6) is 0 Å². The van der Waals surface area contributed by atoms with Gasteiger partial charge in [-0.1, -0.05) is 5.57 Å². The summed E-state index contributed by atoms with van der Waals surface area (Å²) < 4.78 is 21.1. The van der Waals surface area contributed by atoms with Gasteiger partial charge in [0.05, 0.1) is 0 Å². The van der Waals surface area contributed by atoms with Crippen LogP contribution in [-0.4, -0.2) is 6.21 Å². The topological polar surface area (TPSA) is 12.4 Å². The maximum Gasteiger partial charge on any atom is 0.0277 e. The van der Waals surface area contributed by atoms with Crippen LogP contribution in [0.4, 0.5) is 0 Å². The van der Waals surface area contributed by atoms with Crippen LogP contribution in [0.25, 0.3) is 0 Å². The van der Waals surface area contributed by atoms with Gasteiger partial charge >= 0.3 is 0 Å². The van der Waals surface area contributed by atoms with E-state index in [1.165, 1.54) is 6.20 Å². The Labute approximate surface area is 48.0 Å². The third-order valence-corrected chi connectivity index (χ3v) is 0.879. The van der Waals surface area contributed by atoms with Crippen LogP contribution in [0.3, 0.4) is 0 Å². The zero-order chi connectivity index (χ0) is 7.61. The lowest BCUT2D eigenvalue weighted by molar-refractivity contribution is 0.994. The molecule has 0 bridgehead atoms. The van der Waals surface area contributed by atoms with Gasteiger partial charge in [-0.3, -0.25) is 4.99 Å². The molecule has 1 aliphatic heterocycles. The Kier molecular flexibility index (Phi) is 0.580. The second-order valence-corrected chi connectivity index (χ2v) is 1.52. The Hall–Kier alpha value is -0.590. The van der Waals surface area contributed by atoms with Gasteiger partial charge in [-0.15, -0.1) is 0 Å². The summed E-state index contributed by atoms with van der Waals surface area (Å²) in [6.45, 7) is -1.93. The quantitative estimate of drug-likeness (QED) is 0.437. The molecule has 0 unspecified atom stereocenters. The van der Waals surface area contributed by atoms with Crippen LogP contribution in [0.15, 0.2) is 16.8 Å². The molecule has 0 atom stereocenters. The highest BCUT2D eigenvalue weighted by molar-refractivity contribution is 5.59. The molecule has 0 N–H and O–H groups in total. The Morgan fingerprint density at radius 2 is 3.00 bits per heavy atom. The van der Waals surface area contributed by atoms with Crippen molar-refractivity contribution in [2.75, 3.05) is 0 Å². The van der Waals surface area contributed by atoms with Crippen molar-refractivity contribution in [2.45, 2.75) is 19.7 Å². The third kappa shape index (κ3) is 1.15. The van der Waals surface area contributed by atoms with Gasteiger partial charge in [-0.25, -0.2) is 0 Å². The fraction of sp³-hybridized carbons (Fsp3) is 0.500. The fourth-order valence-electron chi connectivity index (χ4n) is 0.502. The molecular formula is C6H9N. The van der Waals surface area contributed by atoms with Crippen molar-refractivity contribution >= 4 is 6.21 Å². The summed E-state index contributed by atoms with van der Waals surface area (Å²) in [5.74, 6) is 0. The zero-order valence-electron chi connectivity index (χ0n) is 7.02. The largest absolute Gasteiger partial charge is 0.269 e. The fourth-order valence-corrected chi connectivity index (χ4v) is 0.502. The van der Waals surface area contributed by atoms with E-state index in [0.29, 0.717) is 12.0 Å². The van der Waals surface area contributed by atoms with Crippen molar-refractivity contribution in [1.82, 2.24) is 0 Å². The van der Waals surface area contributed by atoms with Gasteiger partial charge in [0.2, 0.25) is 0 Å². The predicted molar refractivity (Wildman–Crippen MR) is 31.5 cm³/mol. The number of hydrogen-bond donors (Lipinski definition) is 0. The minimum atomic E-state index is -1.93. The molecule has 0 aromatic rings. The van der Waals surface area contributed by atoms with Crippen molar-refractivity contribution in [2.24, 2.45) is 4.99 Å². The van der Waals surface area contributed by atoms with Crippen LogP contribution < -0.4 is 0 Å². The van der Waals surface area contributed by atoms with Crippen LogP contribution in [0.2, 0.25) is 0 Å². The van der Waals surface area contributed by atoms with Gasteiger partial charge in [0.15, 0.2) is 0 Å². The molecule has 1 heterocycles. The summed E-state index contributed by atoms with van der Waals surface area (Å²) in [6, 6.07) is 0. The molecule has 1 aliphatic rings. The second-order valence-electron chi connectivity index (χ2n) is 1.52. The summed E-state index contributed by atoms with van der Waals surface area (Å²) in [5.41, 5.74) is 0.468. The van der Waals surface area contributed by atoms with Gasteiger partial charge < -0.3 is 0 Å². The van der Waals surface area contributed by atoms with Gasteiger partial charge in [-0.2, -0.15) is 0 Å². The van der Waals surface area contributed by atoms with E-state index in [1.54, 1.807) is 6.21 Å². The Morgan fingerprint density at radius 3 is 3.43 bits per heavy atom. The molecule has 1 rings (SSSR count). The molecule has 7 heavy (non-hydrogen) atoms. The standard InChI is InChI=1S/C6H9N/c1-6-3-2-4-7-5-6/h4-5H,2-3H2,1H3/i1D3. The van der Waals surface area contributed by atoms with E-state index in [2.05, 4.69) is 4.99 Å². The first kappa shape index (κ1) is 2.12. The van der Waals surface area contributed by atoms with Gasteiger partial charge in [-0.05, 0) is 19.7 Å². The molecule has 0 aliphatic carbocycles. The van der Waals surface area contributed by atoms with Crippen molar-refractivity contribution in [3.05, 3.63) is 11.8 Å². The van der Waals surface area contributed by atoms with Gasteiger partial charge in [0.1, 0.15) is 0 Å². The Morgan fingerprint density at radius 1 is 2.00 bits per heavy atom. The smallest absolute Gasteiger partial charge is 0.0277 e. The molecule has 0 spiro atoms. The highest BCUT2D eigenvalue weighted by Gasteiger charge is 1.89.